The first-order chi connectivity index (χ1) is 9.68. The Morgan fingerprint density at radius 2 is 1.70 bits per heavy atom. The van der Waals surface area contributed by atoms with Gasteiger partial charge in [-0.25, -0.2) is 0 Å². The number of fused-ring (bicyclic) bond motifs is 1. The van der Waals surface area contributed by atoms with Crippen LogP contribution in [0.3, 0.4) is 0 Å². The SMILES string of the molecule is CN(C)CC[C@@H]1CCCCN1C(=O)C1[C@H]2CCCC[C@@H]12. The lowest BCUT2D eigenvalue weighted by molar-refractivity contribution is -0.137. The summed E-state index contributed by atoms with van der Waals surface area (Å²) in [6.07, 6.45) is 10.2. The van der Waals surface area contributed by atoms with Crippen molar-refractivity contribution >= 4 is 5.91 Å². The van der Waals surface area contributed by atoms with Crippen LogP contribution in [0.25, 0.3) is 0 Å². The monoisotopic (exact) mass is 278 g/mol. The van der Waals surface area contributed by atoms with E-state index in [9.17, 15) is 4.79 Å². The molecule has 2 saturated carbocycles. The van der Waals surface area contributed by atoms with Gasteiger partial charge in [-0.05, 0) is 71.0 Å². The Kier molecular flexibility index (Phi) is 4.34. The molecule has 0 aromatic rings. The van der Waals surface area contributed by atoms with Crippen molar-refractivity contribution in [2.24, 2.45) is 17.8 Å². The first-order valence-electron chi connectivity index (χ1n) is 8.63. The molecule has 0 bridgehead atoms. The van der Waals surface area contributed by atoms with Gasteiger partial charge in [-0.1, -0.05) is 12.8 Å². The fraction of sp³-hybridized carbons (Fsp3) is 0.941. The molecular weight excluding hydrogens is 248 g/mol. The molecule has 1 aliphatic heterocycles. The number of hydrogen-bond donors (Lipinski definition) is 0. The third-order valence-corrected chi connectivity index (χ3v) is 5.76. The zero-order chi connectivity index (χ0) is 14.1. The van der Waals surface area contributed by atoms with Gasteiger partial charge in [0.2, 0.25) is 5.91 Å². The van der Waals surface area contributed by atoms with E-state index in [-0.39, 0.29) is 0 Å². The van der Waals surface area contributed by atoms with Crippen molar-refractivity contribution in [3.63, 3.8) is 0 Å². The van der Waals surface area contributed by atoms with Crippen LogP contribution < -0.4 is 0 Å². The van der Waals surface area contributed by atoms with Gasteiger partial charge >= 0.3 is 0 Å². The van der Waals surface area contributed by atoms with Gasteiger partial charge in [0.25, 0.3) is 0 Å². The zero-order valence-electron chi connectivity index (χ0n) is 13.2. The van der Waals surface area contributed by atoms with Crippen molar-refractivity contribution in [3.05, 3.63) is 0 Å². The van der Waals surface area contributed by atoms with Crippen LogP contribution in [0.5, 0.6) is 0 Å². The lowest BCUT2D eigenvalue weighted by Crippen LogP contribution is -2.46. The Morgan fingerprint density at radius 1 is 1.05 bits per heavy atom. The highest BCUT2D eigenvalue weighted by Crippen LogP contribution is 2.56. The molecule has 114 valence electrons. The minimum Gasteiger partial charge on any atom is -0.339 e. The standard InChI is InChI=1S/C17H30N2O/c1-18(2)12-10-13-7-5-6-11-19(13)17(20)16-14-8-3-4-9-15(14)16/h13-16H,3-12H2,1-2H3/t13-,14-,15+,16?/m0/s1. The highest BCUT2D eigenvalue weighted by atomic mass is 16.2. The number of likely N-dealkylation sites (tertiary alicyclic amines) is 1. The Bertz CT molecular complexity index is 343. The summed E-state index contributed by atoms with van der Waals surface area (Å²) >= 11 is 0. The average molecular weight is 278 g/mol. The summed E-state index contributed by atoms with van der Waals surface area (Å²) in [6, 6.07) is 0.515. The first-order valence-corrected chi connectivity index (χ1v) is 8.63. The van der Waals surface area contributed by atoms with Gasteiger partial charge in [-0.3, -0.25) is 4.79 Å². The molecule has 0 aromatic heterocycles. The zero-order valence-corrected chi connectivity index (χ0v) is 13.2. The predicted octanol–water partition coefficient (Wildman–Crippen LogP) is 2.76. The normalized spacial score (nSPS) is 36.9. The maximum Gasteiger partial charge on any atom is 0.226 e. The molecule has 4 atom stereocenters. The minimum atomic E-state index is 0.414. The summed E-state index contributed by atoms with van der Waals surface area (Å²) in [5, 5.41) is 0. The molecule has 1 unspecified atom stereocenters. The highest BCUT2D eigenvalue weighted by molar-refractivity contribution is 5.82. The van der Waals surface area contributed by atoms with E-state index in [1.165, 1.54) is 44.9 Å². The maximum absolute atomic E-state index is 12.9. The molecule has 1 amide bonds. The summed E-state index contributed by atoms with van der Waals surface area (Å²) < 4.78 is 0. The van der Waals surface area contributed by atoms with Crippen LogP contribution in [0.15, 0.2) is 0 Å². The molecule has 3 aliphatic rings. The van der Waals surface area contributed by atoms with E-state index >= 15 is 0 Å². The van der Waals surface area contributed by atoms with Gasteiger partial charge in [0.1, 0.15) is 0 Å². The van der Waals surface area contributed by atoms with Crippen molar-refractivity contribution in [2.75, 3.05) is 27.2 Å². The van der Waals surface area contributed by atoms with Crippen molar-refractivity contribution in [1.29, 1.82) is 0 Å². The molecule has 3 rings (SSSR count). The number of nitrogens with zero attached hydrogens (tertiary/aromatic N) is 2. The van der Waals surface area contributed by atoms with Crippen molar-refractivity contribution in [3.8, 4) is 0 Å². The second-order valence-electron chi connectivity index (χ2n) is 7.41. The number of carbonyl (C=O) groups is 1. The molecule has 0 aromatic carbocycles. The smallest absolute Gasteiger partial charge is 0.226 e. The highest BCUT2D eigenvalue weighted by Gasteiger charge is 2.56. The minimum absolute atomic E-state index is 0.414. The number of carbonyl (C=O) groups excluding carboxylic acids is 1. The van der Waals surface area contributed by atoms with E-state index in [4.69, 9.17) is 0 Å². The van der Waals surface area contributed by atoms with Crippen LogP contribution in [0, 0.1) is 17.8 Å². The van der Waals surface area contributed by atoms with Crippen LogP contribution in [0.1, 0.15) is 51.4 Å². The molecule has 1 saturated heterocycles. The van der Waals surface area contributed by atoms with E-state index in [0.29, 0.717) is 17.9 Å². The molecule has 3 fully saturated rings. The number of rotatable bonds is 4. The summed E-state index contributed by atoms with van der Waals surface area (Å²) in [4.78, 5) is 17.4. The molecule has 0 spiro atoms. The van der Waals surface area contributed by atoms with E-state index in [2.05, 4.69) is 23.9 Å². The van der Waals surface area contributed by atoms with Crippen LogP contribution in [-0.4, -0.2) is 48.9 Å². The predicted molar refractivity (Wildman–Crippen MR) is 81.5 cm³/mol. The van der Waals surface area contributed by atoms with Gasteiger partial charge in [-0.15, -0.1) is 0 Å². The Hall–Kier alpha value is -0.570. The third kappa shape index (κ3) is 2.88. The van der Waals surface area contributed by atoms with Gasteiger partial charge < -0.3 is 9.80 Å². The Balaban J connectivity index is 1.59. The quantitative estimate of drug-likeness (QED) is 0.789. The van der Waals surface area contributed by atoms with Gasteiger partial charge in [0.15, 0.2) is 0 Å². The lowest BCUT2D eigenvalue weighted by atomic mass is 9.98. The second kappa shape index (κ2) is 6.05. The van der Waals surface area contributed by atoms with Gasteiger partial charge in [-0.2, -0.15) is 0 Å². The number of amides is 1. The largest absolute Gasteiger partial charge is 0.339 e. The van der Waals surface area contributed by atoms with E-state index in [1.807, 2.05) is 0 Å². The molecular formula is C17H30N2O. The van der Waals surface area contributed by atoms with Crippen molar-refractivity contribution in [1.82, 2.24) is 9.80 Å². The number of piperidine rings is 1. The lowest BCUT2D eigenvalue weighted by Gasteiger charge is -2.37. The van der Waals surface area contributed by atoms with E-state index in [1.54, 1.807) is 0 Å². The molecule has 0 radical (unpaired) electrons. The third-order valence-electron chi connectivity index (χ3n) is 5.76. The fourth-order valence-electron chi connectivity index (χ4n) is 4.55. The summed E-state index contributed by atoms with van der Waals surface area (Å²) in [5.41, 5.74) is 0. The van der Waals surface area contributed by atoms with Gasteiger partial charge in [0.05, 0.1) is 0 Å². The fourth-order valence-corrected chi connectivity index (χ4v) is 4.55. The molecule has 0 N–H and O–H groups in total. The first kappa shape index (κ1) is 14.4. The Morgan fingerprint density at radius 3 is 2.35 bits per heavy atom. The van der Waals surface area contributed by atoms with Crippen LogP contribution in [0.2, 0.25) is 0 Å². The van der Waals surface area contributed by atoms with Crippen molar-refractivity contribution in [2.45, 2.75) is 57.4 Å². The van der Waals surface area contributed by atoms with Crippen LogP contribution in [0.4, 0.5) is 0 Å². The topological polar surface area (TPSA) is 23.6 Å². The Labute approximate surface area is 123 Å². The van der Waals surface area contributed by atoms with E-state index < -0.39 is 0 Å². The summed E-state index contributed by atoms with van der Waals surface area (Å²) in [7, 11) is 4.26. The number of hydrogen-bond acceptors (Lipinski definition) is 2. The molecule has 1 heterocycles. The molecule has 3 heteroatoms. The summed E-state index contributed by atoms with van der Waals surface area (Å²) in [6.45, 7) is 2.12. The molecule has 3 nitrogen and oxygen atoms in total. The summed E-state index contributed by atoms with van der Waals surface area (Å²) in [5.74, 6) is 2.45. The van der Waals surface area contributed by atoms with Gasteiger partial charge in [0, 0.05) is 18.5 Å². The molecule has 2 aliphatic carbocycles. The maximum atomic E-state index is 12.9. The average Bonchev–Trinajstić information content (AvgIpc) is 3.19. The van der Waals surface area contributed by atoms with Crippen molar-refractivity contribution < 1.29 is 4.79 Å². The van der Waals surface area contributed by atoms with Crippen LogP contribution in [-0.2, 0) is 4.79 Å². The molecule has 20 heavy (non-hydrogen) atoms. The van der Waals surface area contributed by atoms with E-state index in [0.717, 1.165) is 31.3 Å². The second-order valence-corrected chi connectivity index (χ2v) is 7.41. The van der Waals surface area contributed by atoms with Crippen LogP contribution >= 0.6 is 0 Å².